The van der Waals surface area contributed by atoms with Gasteiger partial charge in [-0.2, -0.15) is 0 Å². The maximum atomic E-state index is 15.9. The number of imide groups is 1. The number of piperidine rings is 2. The third-order valence-corrected chi connectivity index (χ3v) is 16.3. The molecule has 1 unspecified atom stereocenters. The van der Waals surface area contributed by atoms with E-state index in [1.54, 1.807) is 28.8 Å². The first-order valence-electron chi connectivity index (χ1n) is 25.5. The highest BCUT2D eigenvalue weighted by atomic mass is 19.1. The molecule has 3 atom stereocenters. The molecule has 5 aliphatic heterocycles. The van der Waals surface area contributed by atoms with Crippen LogP contribution in [0.2, 0.25) is 0 Å². The number of hydrogen-bond acceptors (Lipinski definition) is 10. The third kappa shape index (κ3) is 8.77. The molecule has 382 valence electrons. The number of halogens is 3. The van der Waals surface area contributed by atoms with Crippen LogP contribution in [0.4, 0.5) is 18.9 Å². The van der Waals surface area contributed by atoms with Crippen molar-refractivity contribution in [3.63, 3.8) is 0 Å². The summed E-state index contributed by atoms with van der Waals surface area (Å²) in [4.78, 5) is 78.3. The molecule has 11 rings (SSSR count). The van der Waals surface area contributed by atoms with E-state index in [2.05, 4.69) is 44.2 Å². The second-order valence-corrected chi connectivity index (χ2v) is 20.7. The summed E-state index contributed by atoms with van der Waals surface area (Å²) in [7, 11) is 3.61. The van der Waals surface area contributed by atoms with Gasteiger partial charge in [0, 0.05) is 132 Å². The maximum Gasteiger partial charge on any atom is 0.329 e. The van der Waals surface area contributed by atoms with Crippen LogP contribution in [0.5, 0.6) is 0 Å². The Balaban J connectivity index is 0.680. The smallest absolute Gasteiger partial charge is 0.329 e. The SMILES string of the molecule is C[C@H]1CN(Cc2ccc3c(c2)n(C)c(=O)n3C2CCC(=O)NC2=O)CCN1CC1CCN(C(=O)c2cc(F)c(C3=CCN([C@@H](C)c4cc5c(-n6cc(F)c7c(c6=O)CCN7)ccnc5n4C)CC3)c(F)c2)CC1. The number of aromatic nitrogens is 5. The van der Waals surface area contributed by atoms with Crippen molar-refractivity contribution in [3.8, 4) is 5.69 Å². The van der Waals surface area contributed by atoms with Gasteiger partial charge in [-0.05, 0) is 99.4 Å². The molecule has 0 saturated carbocycles. The standard InChI is InChI=1S/C54H60F3N11O5/c1-31-27-63(28-34-5-6-43-46(23-34)62(4)54(73)68(43)44-7-8-47(69)60-51(44)70)21-22-66(31)29-33-11-17-65(18-12-33)52(71)36-24-39(55)48(40(56)25-36)35-13-19-64(20-14-35)32(2)45-26-38-42(10-16-59-50(38)61(45)3)67-30-41(57)49-37(53(67)72)9-15-58-49/h5-6,10,13,16,23-26,30-33,44,58H,7-9,11-12,14-15,17-22,27-29H2,1-4H3,(H,60,69,70)/t31-,32-,44?/m0/s1. The fourth-order valence-corrected chi connectivity index (χ4v) is 12.2. The number of benzene rings is 2. The highest BCUT2D eigenvalue weighted by molar-refractivity contribution is 6.00. The number of pyridine rings is 2. The molecule has 73 heavy (non-hydrogen) atoms. The third-order valence-electron chi connectivity index (χ3n) is 16.3. The van der Waals surface area contributed by atoms with E-state index in [1.807, 2.05) is 42.0 Å². The second-order valence-electron chi connectivity index (χ2n) is 20.7. The molecule has 3 amide bonds. The molecule has 0 aliphatic carbocycles. The Morgan fingerprint density at radius 1 is 0.863 bits per heavy atom. The van der Waals surface area contributed by atoms with Gasteiger partial charge in [-0.3, -0.25) is 52.9 Å². The lowest BCUT2D eigenvalue weighted by Crippen LogP contribution is -2.53. The van der Waals surface area contributed by atoms with E-state index in [9.17, 15) is 24.0 Å². The second kappa shape index (κ2) is 19.2. The van der Waals surface area contributed by atoms with Gasteiger partial charge in [0.25, 0.3) is 11.5 Å². The van der Waals surface area contributed by atoms with Gasteiger partial charge in [0.05, 0.1) is 28.6 Å². The molecular weight excluding hydrogens is 940 g/mol. The summed E-state index contributed by atoms with van der Waals surface area (Å²) in [6, 6.07) is 11.4. The molecule has 6 aromatic rings. The lowest BCUT2D eigenvalue weighted by Gasteiger charge is -2.42. The highest BCUT2D eigenvalue weighted by Crippen LogP contribution is 2.35. The Hall–Kier alpha value is -6.83. The summed E-state index contributed by atoms with van der Waals surface area (Å²) in [5.41, 5.74) is 5.18. The Morgan fingerprint density at radius 2 is 1.64 bits per heavy atom. The molecule has 0 spiro atoms. The fraction of sp³-hybridized carbons (Fsp3) is 0.444. The van der Waals surface area contributed by atoms with Gasteiger partial charge in [0.15, 0.2) is 5.82 Å². The predicted molar refractivity (Wildman–Crippen MR) is 271 cm³/mol. The number of hydrogen-bond donors (Lipinski definition) is 2. The number of amides is 3. The van der Waals surface area contributed by atoms with Crippen molar-refractivity contribution >= 4 is 51.0 Å². The summed E-state index contributed by atoms with van der Waals surface area (Å²) in [5.74, 6) is -2.76. The molecule has 3 fully saturated rings. The molecule has 3 saturated heterocycles. The van der Waals surface area contributed by atoms with Crippen LogP contribution in [0.15, 0.2) is 70.5 Å². The fourth-order valence-electron chi connectivity index (χ4n) is 12.2. The minimum absolute atomic E-state index is 0.00664. The molecule has 4 aromatic heterocycles. The number of nitrogens with zero attached hydrogens (tertiary/aromatic N) is 9. The molecule has 0 radical (unpaired) electrons. The first-order chi connectivity index (χ1) is 35.1. The minimum Gasteiger partial charge on any atom is -0.382 e. The van der Waals surface area contributed by atoms with Gasteiger partial charge in [0.1, 0.15) is 23.3 Å². The number of aryl methyl sites for hydroxylation is 2. The molecular formula is C54H60F3N11O5. The van der Waals surface area contributed by atoms with E-state index in [-0.39, 0.29) is 58.8 Å². The Kier molecular flexibility index (Phi) is 12.8. The van der Waals surface area contributed by atoms with Gasteiger partial charge < -0.3 is 14.8 Å². The van der Waals surface area contributed by atoms with Crippen molar-refractivity contribution in [1.29, 1.82) is 0 Å². The first-order valence-corrected chi connectivity index (χ1v) is 25.5. The quantitative estimate of drug-likeness (QED) is 0.165. The molecule has 9 heterocycles. The molecule has 16 nitrogen and oxygen atoms in total. The largest absolute Gasteiger partial charge is 0.382 e. The van der Waals surface area contributed by atoms with Crippen molar-refractivity contribution in [2.24, 2.45) is 20.0 Å². The topological polar surface area (TPSA) is 155 Å². The zero-order chi connectivity index (χ0) is 51.0. The molecule has 5 aliphatic rings. The van der Waals surface area contributed by atoms with Crippen LogP contribution >= 0.6 is 0 Å². The van der Waals surface area contributed by atoms with E-state index >= 15 is 13.2 Å². The Morgan fingerprint density at radius 3 is 2.37 bits per heavy atom. The van der Waals surface area contributed by atoms with Crippen molar-refractivity contribution in [1.82, 2.24) is 48.2 Å². The van der Waals surface area contributed by atoms with E-state index in [4.69, 9.17) is 0 Å². The van der Waals surface area contributed by atoms with Crippen LogP contribution in [0.25, 0.3) is 33.3 Å². The van der Waals surface area contributed by atoms with Gasteiger partial charge in [0.2, 0.25) is 11.8 Å². The number of anilines is 1. The van der Waals surface area contributed by atoms with Crippen LogP contribution in [0.1, 0.15) is 90.8 Å². The summed E-state index contributed by atoms with van der Waals surface area (Å²) < 4.78 is 53.3. The number of imidazole rings is 1. The molecule has 0 bridgehead atoms. The summed E-state index contributed by atoms with van der Waals surface area (Å²) in [6.07, 6.45) is 7.60. The number of likely N-dealkylation sites (tertiary alicyclic amines) is 1. The number of nitrogens with one attached hydrogen (secondary N) is 2. The minimum atomic E-state index is -0.754. The summed E-state index contributed by atoms with van der Waals surface area (Å²) in [6.45, 7) is 11.0. The number of fused-ring (bicyclic) bond motifs is 3. The highest BCUT2D eigenvalue weighted by Gasteiger charge is 2.34. The van der Waals surface area contributed by atoms with E-state index < -0.39 is 29.4 Å². The van der Waals surface area contributed by atoms with E-state index in [0.29, 0.717) is 97.4 Å². The van der Waals surface area contributed by atoms with Crippen LogP contribution in [-0.4, -0.2) is 126 Å². The molecule has 2 aromatic carbocycles. The maximum absolute atomic E-state index is 15.9. The van der Waals surface area contributed by atoms with Gasteiger partial charge in [-0.15, -0.1) is 0 Å². The van der Waals surface area contributed by atoms with Crippen LogP contribution < -0.4 is 21.9 Å². The van der Waals surface area contributed by atoms with E-state index in [1.165, 1.54) is 27.5 Å². The first kappa shape index (κ1) is 48.4. The van der Waals surface area contributed by atoms with Crippen molar-refractivity contribution in [2.75, 3.05) is 64.2 Å². The van der Waals surface area contributed by atoms with Crippen LogP contribution in [0, 0.1) is 23.4 Å². The zero-order valence-electron chi connectivity index (χ0n) is 41.6. The molecule has 19 heteroatoms. The molecule has 2 N–H and O–H groups in total. The average molecular weight is 1000 g/mol. The number of carbonyl (C=O) groups excluding carboxylic acids is 3. The van der Waals surface area contributed by atoms with Crippen molar-refractivity contribution in [3.05, 3.63) is 127 Å². The normalized spacial score (nSPS) is 20.9. The number of carbonyl (C=O) groups is 3. The Labute approximate surface area is 419 Å². The zero-order valence-corrected chi connectivity index (χ0v) is 41.6. The predicted octanol–water partition coefficient (Wildman–Crippen LogP) is 5.65. The number of piperazine rings is 1. The van der Waals surface area contributed by atoms with Gasteiger partial charge in [-0.1, -0.05) is 12.1 Å². The average Bonchev–Trinajstić information content (AvgIpc) is 4.08. The van der Waals surface area contributed by atoms with Crippen LogP contribution in [-0.2, 0) is 36.6 Å². The van der Waals surface area contributed by atoms with Gasteiger partial charge in [-0.25, -0.2) is 22.9 Å². The lowest BCUT2D eigenvalue weighted by molar-refractivity contribution is -0.135. The Bertz CT molecular complexity index is 3360. The van der Waals surface area contributed by atoms with Crippen molar-refractivity contribution in [2.45, 2.75) is 77.0 Å². The lowest BCUT2D eigenvalue weighted by atomic mass is 9.93. The van der Waals surface area contributed by atoms with E-state index in [0.717, 1.165) is 55.8 Å². The monoisotopic (exact) mass is 999 g/mol. The van der Waals surface area contributed by atoms with Gasteiger partial charge >= 0.3 is 5.69 Å². The van der Waals surface area contributed by atoms with Crippen molar-refractivity contribution < 1.29 is 27.6 Å². The summed E-state index contributed by atoms with van der Waals surface area (Å²) >= 11 is 0. The number of rotatable bonds is 10. The van der Waals surface area contributed by atoms with Crippen LogP contribution in [0.3, 0.4) is 0 Å². The summed E-state index contributed by atoms with van der Waals surface area (Å²) in [5, 5.41) is 6.04.